The van der Waals surface area contributed by atoms with Gasteiger partial charge in [-0.05, 0) is 25.8 Å². The van der Waals surface area contributed by atoms with Crippen LogP contribution < -0.4 is 0 Å². The highest BCUT2D eigenvalue weighted by molar-refractivity contribution is 4.88. The molecule has 0 aromatic carbocycles. The Labute approximate surface area is 77.6 Å². The van der Waals surface area contributed by atoms with Crippen LogP contribution in [0, 0.1) is 0 Å². The molecule has 0 saturated carbocycles. The molecule has 1 aliphatic rings. The van der Waals surface area contributed by atoms with E-state index in [4.69, 9.17) is 15.0 Å². The lowest BCUT2D eigenvalue weighted by Crippen LogP contribution is -2.46. The summed E-state index contributed by atoms with van der Waals surface area (Å²) in [6.45, 7) is 3.91. The molecule has 0 aromatic rings. The second kappa shape index (κ2) is 4.46. The van der Waals surface area contributed by atoms with Gasteiger partial charge in [-0.3, -0.25) is 0 Å². The molecule has 74 valence electrons. The number of ether oxygens (including phenoxy) is 2. The second-order valence-corrected chi connectivity index (χ2v) is 3.36. The van der Waals surface area contributed by atoms with Crippen LogP contribution in [0.3, 0.4) is 0 Å². The molecule has 4 unspecified atom stereocenters. The molecule has 0 N–H and O–H groups in total. The van der Waals surface area contributed by atoms with E-state index >= 15 is 0 Å². The van der Waals surface area contributed by atoms with Crippen molar-refractivity contribution >= 4 is 0 Å². The molecule has 1 aliphatic heterocycles. The highest BCUT2D eigenvalue weighted by Crippen LogP contribution is 2.24. The van der Waals surface area contributed by atoms with E-state index in [2.05, 4.69) is 10.0 Å². The van der Waals surface area contributed by atoms with Crippen LogP contribution in [0.25, 0.3) is 10.4 Å². The molecular formula is C8H15N3O2. The molecule has 1 rings (SSSR count). The van der Waals surface area contributed by atoms with Crippen molar-refractivity contribution in [2.24, 2.45) is 5.11 Å². The minimum atomic E-state index is -0.118. The van der Waals surface area contributed by atoms with Crippen LogP contribution in [0.4, 0.5) is 0 Å². The largest absolute Gasteiger partial charge is 0.378 e. The van der Waals surface area contributed by atoms with Gasteiger partial charge >= 0.3 is 0 Å². The van der Waals surface area contributed by atoms with E-state index in [0.29, 0.717) is 0 Å². The van der Waals surface area contributed by atoms with Crippen molar-refractivity contribution in [1.29, 1.82) is 0 Å². The van der Waals surface area contributed by atoms with Gasteiger partial charge in [0.1, 0.15) is 0 Å². The maximum absolute atomic E-state index is 8.37. The van der Waals surface area contributed by atoms with Gasteiger partial charge in [-0.1, -0.05) is 5.11 Å². The molecule has 5 nitrogen and oxygen atoms in total. The number of rotatable bonds is 2. The quantitative estimate of drug-likeness (QED) is 0.374. The Balaban J connectivity index is 2.71. The van der Waals surface area contributed by atoms with E-state index in [-0.39, 0.29) is 24.4 Å². The molecule has 5 heteroatoms. The average Bonchev–Trinajstić information content (AvgIpc) is 2.04. The van der Waals surface area contributed by atoms with E-state index in [1.54, 1.807) is 7.11 Å². The second-order valence-electron chi connectivity index (χ2n) is 3.36. The normalized spacial score (nSPS) is 39.6. The standard InChI is InChI=1S/C8H15N3O2/c1-5-4-7(10-11-9)8(12-3)6(2)13-5/h5-8H,4H2,1-3H3. The number of azide groups is 1. The lowest BCUT2D eigenvalue weighted by molar-refractivity contribution is -0.123. The Bertz CT molecular complexity index is 215. The Morgan fingerprint density at radius 3 is 2.77 bits per heavy atom. The molecule has 4 atom stereocenters. The van der Waals surface area contributed by atoms with E-state index in [1.807, 2.05) is 13.8 Å². The molecule has 0 aliphatic carbocycles. The van der Waals surface area contributed by atoms with Crippen LogP contribution in [0.1, 0.15) is 20.3 Å². The van der Waals surface area contributed by atoms with Crippen molar-refractivity contribution < 1.29 is 9.47 Å². The highest BCUT2D eigenvalue weighted by atomic mass is 16.5. The summed E-state index contributed by atoms with van der Waals surface area (Å²) >= 11 is 0. The lowest BCUT2D eigenvalue weighted by Gasteiger charge is -2.36. The van der Waals surface area contributed by atoms with Crippen LogP contribution in [0.5, 0.6) is 0 Å². The zero-order chi connectivity index (χ0) is 9.84. The summed E-state index contributed by atoms with van der Waals surface area (Å²) in [4.78, 5) is 2.82. The van der Waals surface area contributed by atoms with Gasteiger partial charge in [0.25, 0.3) is 0 Å². The summed E-state index contributed by atoms with van der Waals surface area (Å²) in [6.07, 6.45) is 0.737. The maximum Gasteiger partial charge on any atom is 0.0915 e. The minimum Gasteiger partial charge on any atom is -0.378 e. The van der Waals surface area contributed by atoms with Crippen molar-refractivity contribution in [1.82, 2.24) is 0 Å². The third-order valence-corrected chi connectivity index (χ3v) is 2.33. The van der Waals surface area contributed by atoms with E-state index < -0.39 is 0 Å². The fourth-order valence-electron chi connectivity index (χ4n) is 1.81. The van der Waals surface area contributed by atoms with Crippen molar-refractivity contribution in [3.63, 3.8) is 0 Å². The molecular weight excluding hydrogens is 170 g/mol. The number of nitrogens with zero attached hydrogens (tertiary/aromatic N) is 3. The van der Waals surface area contributed by atoms with Crippen molar-refractivity contribution in [3.8, 4) is 0 Å². The van der Waals surface area contributed by atoms with Crippen LogP contribution in [0.15, 0.2) is 5.11 Å². The van der Waals surface area contributed by atoms with Gasteiger partial charge in [0, 0.05) is 12.0 Å². The monoisotopic (exact) mass is 185 g/mol. The smallest absolute Gasteiger partial charge is 0.0915 e. The molecule has 1 heterocycles. The Morgan fingerprint density at radius 2 is 2.23 bits per heavy atom. The van der Waals surface area contributed by atoms with Gasteiger partial charge in [-0.2, -0.15) is 0 Å². The van der Waals surface area contributed by atoms with Gasteiger partial charge in [0.2, 0.25) is 0 Å². The first-order valence-corrected chi connectivity index (χ1v) is 4.41. The number of methoxy groups -OCH3 is 1. The summed E-state index contributed by atoms with van der Waals surface area (Å²) in [5, 5.41) is 3.71. The van der Waals surface area contributed by atoms with Gasteiger partial charge < -0.3 is 9.47 Å². The fraction of sp³-hybridized carbons (Fsp3) is 1.00. The molecule has 1 fully saturated rings. The predicted octanol–water partition coefficient (Wildman–Crippen LogP) is 1.88. The van der Waals surface area contributed by atoms with Crippen LogP contribution in [0.2, 0.25) is 0 Å². The first-order valence-electron chi connectivity index (χ1n) is 4.41. The molecule has 0 aromatic heterocycles. The number of hydrogen-bond donors (Lipinski definition) is 0. The van der Waals surface area contributed by atoms with Crippen LogP contribution >= 0.6 is 0 Å². The van der Waals surface area contributed by atoms with Crippen molar-refractivity contribution in [3.05, 3.63) is 10.4 Å². The Kier molecular flexibility index (Phi) is 3.54. The lowest BCUT2D eigenvalue weighted by atomic mass is 9.97. The summed E-state index contributed by atoms with van der Waals surface area (Å²) in [5.41, 5.74) is 8.37. The predicted molar refractivity (Wildman–Crippen MR) is 48.4 cm³/mol. The third kappa shape index (κ3) is 2.34. The third-order valence-electron chi connectivity index (χ3n) is 2.33. The summed E-state index contributed by atoms with van der Waals surface area (Å²) in [7, 11) is 1.61. The highest BCUT2D eigenvalue weighted by Gasteiger charge is 2.34. The molecule has 0 spiro atoms. The van der Waals surface area contributed by atoms with Crippen LogP contribution in [-0.2, 0) is 9.47 Å². The molecule has 0 bridgehead atoms. The van der Waals surface area contributed by atoms with Crippen LogP contribution in [-0.4, -0.2) is 31.5 Å². The summed E-state index contributed by atoms with van der Waals surface area (Å²) in [5.74, 6) is 0. The average molecular weight is 185 g/mol. The molecule has 1 saturated heterocycles. The maximum atomic E-state index is 8.37. The SMILES string of the molecule is COC1C(N=[N+]=[N-])CC(C)OC1C. The minimum absolute atomic E-state index is 0.00995. The van der Waals surface area contributed by atoms with Crippen molar-refractivity contribution in [2.75, 3.05) is 7.11 Å². The number of hydrogen-bond acceptors (Lipinski definition) is 3. The van der Waals surface area contributed by atoms with Gasteiger partial charge in [-0.15, -0.1) is 0 Å². The zero-order valence-corrected chi connectivity index (χ0v) is 8.17. The first kappa shape index (κ1) is 10.3. The molecule has 0 radical (unpaired) electrons. The van der Waals surface area contributed by atoms with E-state index in [0.717, 1.165) is 6.42 Å². The Morgan fingerprint density at radius 1 is 1.54 bits per heavy atom. The topological polar surface area (TPSA) is 67.2 Å². The molecule has 0 amide bonds. The summed E-state index contributed by atoms with van der Waals surface area (Å²) < 4.78 is 10.8. The van der Waals surface area contributed by atoms with E-state index in [9.17, 15) is 0 Å². The van der Waals surface area contributed by atoms with Gasteiger partial charge in [0.05, 0.1) is 24.4 Å². The Hall–Kier alpha value is -0.770. The van der Waals surface area contributed by atoms with Crippen molar-refractivity contribution in [2.45, 2.75) is 44.6 Å². The van der Waals surface area contributed by atoms with E-state index in [1.165, 1.54) is 0 Å². The summed E-state index contributed by atoms with van der Waals surface area (Å²) in [6, 6.07) is -0.103. The molecule has 13 heavy (non-hydrogen) atoms. The van der Waals surface area contributed by atoms with Gasteiger partial charge in [0.15, 0.2) is 0 Å². The van der Waals surface area contributed by atoms with Gasteiger partial charge in [-0.25, -0.2) is 0 Å². The fourth-order valence-corrected chi connectivity index (χ4v) is 1.81. The first-order chi connectivity index (χ1) is 6.19. The zero-order valence-electron chi connectivity index (χ0n) is 8.17.